The van der Waals surface area contributed by atoms with Crippen LogP contribution in [0.5, 0.6) is 0 Å². The Bertz CT molecular complexity index is 20.9. The maximum absolute atomic E-state index is 7.82. The highest BCUT2D eigenvalue weighted by atomic mass is 35.5. The number of alkyl halides is 1. The number of halogens is 1. The van der Waals surface area contributed by atoms with Crippen LogP contribution in [-0.2, 0) is 0 Å². The van der Waals surface area contributed by atoms with Crippen molar-refractivity contribution in [2.24, 2.45) is 0 Å². The van der Waals surface area contributed by atoms with Crippen LogP contribution in [0, 0.1) is 0 Å². The van der Waals surface area contributed by atoms with Gasteiger partial charge in [-0.3, -0.25) is 0 Å². The van der Waals surface area contributed by atoms with Crippen LogP contribution < -0.4 is 0 Å². The summed E-state index contributed by atoms with van der Waals surface area (Å²) < 4.78 is 0. The molecule has 0 fully saturated rings. The Hall–Kier alpha value is 0.210. The third-order valence-corrected chi connectivity index (χ3v) is 0. The molecule has 46 valence electrons. The lowest BCUT2D eigenvalue weighted by Gasteiger charge is -1.77. The summed E-state index contributed by atoms with van der Waals surface area (Å²) in [5.74, 6) is 0. The second kappa shape index (κ2) is 9.51. The summed E-state index contributed by atoms with van der Waals surface area (Å²) in [5.41, 5.74) is -0.694. The van der Waals surface area contributed by atoms with Gasteiger partial charge in [-0.2, -0.15) is 0 Å². The van der Waals surface area contributed by atoms with Crippen LogP contribution in [-0.4, -0.2) is 22.4 Å². The van der Waals surface area contributed by atoms with Crippen LogP contribution in [0.3, 0.4) is 0 Å². The Balaban J connectivity index is 0. The van der Waals surface area contributed by atoms with Gasteiger partial charge < -0.3 is 10.2 Å². The lowest BCUT2D eigenvalue weighted by molar-refractivity contribution is 0.277. The average Bonchev–Trinajstić information content (AvgIpc) is 1.33. The van der Waals surface area contributed by atoms with E-state index in [4.69, 9.17) is 21.8 Å². The highest BCUT2D eigenvalue weighted by Crippen LogP contribution is 1.79. The lowest BCUT2D eigenvalue weighted by Crippen LogP contribution is -1.79. The first kappa shape index (κ1) is 10.2. The average molecular weight is 127 g/mol. The Morgan fingerprint density at radius 3 is 1.71 bits per heavy atom. The summed E-state index contributed by atoms with van der Waals surface area (Å²) in [4.78, 5) is 0. The van der Waals surface area contributed by atoms with E-state index in [1.807, 2.05) is 0 Å². The van der Waals surface area contributed by atoms with Gasteiger partial charge >= 0.3 is 0 Å². The zero-order chi connectivity index (χ0) is 6.28. The number of aliphatic hydroxyl groups excluding tert-OH is 2. The van der Waals surface area contributed by atoms with E-state index in [-0.39, 0.29) is 6.61 Å². The Morgan fingerprint density at radius 2 is 1.71 bits per heavy atom. The zero-order valence-electron chi connectivity index (χ0n) is 4.56. The molecule has 7 heavy (non-hydrogen) atoms. The normalized spacial score (nSPS) is 11.6. The smallest absolute Gasteiger partial charge is 0.125 e. The summed E-state index contributed by atoms with van der Waals surface area (Å²) in [6, 6.07) is 0. The molecule has 0 aromatic rings. The molecule has 2 N–H and O–H groups in total. The molecule has 1 atom stereocenters. The second-order valence-corrected chi connectivity index (χ2v) is 1.52. The minimum atomic E-state index is -0.694. The van der Waals surface area contributed by atoms with Crippen molar-refractivity contribution >= 4 is 11.6 Å². The third kappa shape index (κ3) is 2500. The molecule has 2 nitrogen and oxygen atoms in total. The van der Waals surface area contributed by atoms with E-state index in [1.54, 1.807) is 6.92 Å². The number of hydrogen-bond acceptors (Lipinski definition) is 2. The summed E-state index contributed by atoms with van der Waals surface area (Å²) in [6.45, 7) is 3.42. The first-order valence-electron chi connectivity index (χ1n) is 2.08. The maximum Gasteiger partial charge on any atom is 0.125 e. The lowest BCUT2D eigenvalue weighted by atomic mass is 10.9. The Morgan fingerprint density at radius 1 is 1.71 bits per heavy atom. The number of aliphatic hydroxyl groups is 2. The molecular weight excluding hydrogens is 115 g/mol. The minimum absolute atomic E-state index is 0.250. The molecule has 0 saturated heterocycles. The fraction of sp³-hybridized carbons (Fsp3) is 1.00. The molecular formula is C4H11ClO2. The molecule has 0 saturated carbocycles. The Labute approximate surface area is 48.7 Å². The Kier molecular flexibility index (Phi) is 13.9. The van der Waals surface area contributed by atoms with Gasteiger partial charge in [0.2, 0.25) is 0 Å². The van der Waals surface area contributed by atoms with Crippen molar-refractivity contribution < 1.29 is 10.2 Å². The zero-order valence-corrected chi connectivity index (χ0v) is 5.31. The molecule has 0 heterocycles. The van der Waals surface area contributed by atoms with Gasteiger partial charge in [0.15, 0.2) is 0 Å². The van der Waals surface area contributed by atoms with Crippen LogP contribution in [0.1, 0.15) is 13.8 Å². The van der Waals surface area contributed by atoms with E-state index in [0.29, 0.717) is 0 Å². The standard InChI is InChI=1S/C2H5ClO.C2H6O/c1-2(3)4;1-2-3/h2,4H,1H3;3H,2H2,1H3. The number of rotatable bonds is 0. The molecule has 0 radical (unpaired) electrons. The highest BCUT2D eigenvalue weighted by molar-refractivity contribution is 6.19. The van der Waals surface area contributed by atoms with E-state index in [0.717, 1.165) is 0 Å². The van der Waals surface area contributed by atoms with Gasteiger partial charge in [-0.15, -0.1) is 0 Å². The van der Waals surface area contributed by atoms with Crippen LogP contribution in [0.2, 0.25) is 0 Å². The predicted molar refractivity (Wildman–Crippen MR) is 30.3 cm³/mol. The SMILES string of the molecule is CC(O)Cl.CCO. The molecule has 3 heteroatoms. The maximum atomic E-state index is 7.82. The van der Waals surface area contributed by atoms with E-state index < -0.39 is 5.56 Å². The third-order valence-electron chi connectivity index (χ3n) is 0. The van der Waals surface area contributed by atoms with Crippen molar-refractivity contribution in [1.29, 1.82) is 0 Å². The molecule has 0 amide bonds. The first-order chi connectivity index (χ1) is 3.15. The van der Waals surface area contributed by atoms with E-state index >= 15 is 0 Å². The van der Waals surface area contributed by atoms with Gasteiger partial charge in [-0.1, -0.05) is 11.6 Å². The van der Waals surface area contributed by atoms with Crippen LogP contribution >= 0.6 is 11.6 Å². The van der Waals surface area contributed by atoms with E-state index in [9.17, 15) is 0 Å². The van der Waals surface area contributed by atoms with E-state index in [2.05, 4.69) is 0 Å². The van der Waals surface area contributed by atoms with Crippen molar-refractivity contribution in [2.75, 3.05) is 6.61 Å². The molecule has 0 spiro atoms. The van der Waals surface area contributed by atoms with Gasteiger partial charge in [0.05, 0.1) is 0 Å². The molecule has 0 aromatic heterocycles. The van der Waals surface area contributed by atoms with Gasteiger partial charge in [0, 0.05) is 6.61 Å². The van der Waals surface area contributed by atoms with Crippen molar-refractivity contribution in [3.8, 4) is 0 Å². The highest BCUT2D eigenvalue weighted by Gasteiger charge is 1.72. The van der Waals surface area contributed by atoms with Gasteiger partial charge in [-0.05, 0) is 13.8 Å². The fourth-order valence-electron chi connectivity index (χ4n) is 0. The largest absolute Gasteiger partial charge is 0.397 e. The fourth-order valence-corrected chi connectivity index (χ4v) is 0. The van der Waals surface area contributed by atoms with Gasteiger partial charge in [0.25, 0.3) is 0 Å². The van der Waals surface area contributed by atoms with Crippen LogP contribution in [0.25, 0.3) is 0 Å². The quantitative estimate of drug-likeness (QED) is 0.466. The first-order valence-corrected chi connectivity index (χ1v) is 2.51. The second-order valence-electron chi connectivity index (χ2n) is 0.890. The predicted octanol–water partition coefficient (Wildman–Crippen LogP) is 0.562. The van der Waals surface area contributed by atoms with Crippen molar-refractivity contribution in [3.63, 3.8) is 0 Å². The van der Waals surface area contributed by atoms with Gasteiger partial charge in [-0.25, -0.2) is 0 Å². The van der Waals surface area contributed by atoms with Crippen molar-refractivity contribution in [1.82, 2.24) is 0 Å². The molecule has 0 rings (SSSR count). The topological polar surface area (TPSA) is 40.5 Å². The van der Waals surface area contributed by atoms with E-state index in [1.165, 1.54) is 6.92 Å². The van der Waals surface area contributed by atoms with Crippen LogP contribution in [0.15, 0.2) is 0 Å². The van der Waals surface area contributed by atoms with Crippen molar-refractivity contribution in [3.05, 3.63) is 0 Å². The summed E-state index contributed by atoms with van der Waals surface area (Å²) >= 11 is 4.83. The van der Waals surface area contributed by atoms with Crippen LogP contribution in [0.4, 0.5) is 0 Å². The molecule has 0 aliphatic carbocycles. The molecule has 0 aromatic carbocycles. The number of hydrogen-bond donors (Lipinski definition) is 2. The molecule has 0 aliphatic heterocycles. The minimum Gasteiger partial charge on any atom is -0.397 e. The molecule has 0 bridgehead atoms. The molecule has 1 unspecified atom stereocenters. The summed E-state index contributed by atoms with van der Waals surface area (Å²) in [5, 5.41) is 15.4. The molecule has 0 aliphatic rings. The summed E-state index contributed by atoms with van der Waals surface area (Å²) in [7, 11) is 0. The van der Waals surface area contributed by atoms with Crippen molar-refractivity contribution in [2.45, 2.75) is 19.4 Å². The summed E-state index contributed by atoms with van der Waals surface area (Å²) in [6.07, 6.45) is 0. The monoisotopic (exact) mass is 126 g/mol. The van der Waals surface area contributed by atoms with Gasteiger partial charge in [0.1, 0.15) is 5.56 Å².